The van der Waals surface area contributed by atoms with Crippen molar-refractivity contribution in [3.8, 4) is 0 Å². The number of pyridine rings is 1. The zero-order valence-electron chi connectivity index (χ0n) is 16.2. The zero-order valence-corrected chi connectivity index (χ0v) is 17.7. The third-order valence-corrected chi connectivity index (χ3v) is 6.12. The van der Waals surface area contributed by atoms with Crippen LogP contribution in [0.3, 0.4) is 0 Å². The minimum atomic E-state index is -0.314. The summed E-state index contributed by atoms with van der Waals surface area (Å²) in [5.74, 6) is 0. The van der Waals surface area contributed by atoms with Crippen LogP contribution >= 0.6 is 23.2 Å². The third kappa shape index (κ3) is 3.72. The highest BCUT2D eigenvalue weighted by Crippen LogP contribution is 2.28. The first-order valence-electron chi connectivity index (χ1n) is 9.48. The number of benzene rings is 2. The van der Waals surface area contributed by atoms with Gasteiger partial charge >= 0.3 is 6.03 Å². The molecule has 1 aliphatic heterocycles. The van der Waals surface area contributed by atoms with Gasteiger partial charge < -0.3 is 9.80 Å². The molecule has 1 fully saturated rings. The lowest BCUT2D eigenvalue weighted by molar-refractivity contribution is 0.173. The largest absolute Gasteiger partial charge is 0.368 e. The summed E-state index contributed by atoms with van der Waals surface area (Å²) in [5.41, 5.74) is 2.37. The van der Waals surface area contributed by atoms with E-state index in [0.717, 1.165) is 16.6 Å². The summed E-state index contributed by atoms with van der Waals surface area (Å²) >= 11 is 12.2. The first-order valence-corrected chi connectivity index (χ1v) is 10.2. The minimum Gasteiger partial charge on any atom is -0.368 e. The number of amides is 1. The Morgan fingerprint density at radius 3 is 2.52 bits per heavy atom. The Labute approximate surface area is 179 Å². The average molecular weight is 430 g/mol. The van der Waals surface area contributed by atoms with Crippen LogP contribution in [0.1, 0.15) is 12.5 Å². The Hall–Kier alpha value is -2.50. The molecule has 0 saturated carbocycles. The lowest BCUT2D eigenvalue weighted by atomic mass is 10.1. The van der Waals surface area contributed by atoms with E-state index in [0.29, 0.717) is 35.2 Å². The standard InChI is InChI=1S/C22H21Cl2N3O2/c1-14-3-7-20-16(11-14)4-8-21(28)27(20)22(29)26-10-9-25(13-15(26)2)17-5-6-18(23)19(24)12-17/h3-8,11-12,15H,9-10,13H2,1-2H3. The molecule has 1 aliphatic rings. The molecule has 29 heavy (non-hydrogen) atoms. The highest BCUT2D eigenvalue weighted by Gasteiger charge is 2.29. The normalized spacial score (nSPS) is 17.0. The van der Waals surface area contributed by atoms with Crippen molar-refractivity contribution in [2.45, 2.75) is 19.9 Å². The summed E-state index contributed by atoms with van der Waals surface area (Å²) in [6.07, 6.45) is 0. The molecule has 0 aliphatic carbocycles. The molecule has 1 unspecified atom stereocenters. The maximum Gasteiger partial charge on any atom is 0.332 e. The number of halogens is 2. The molecule has 4 rings (SSSR count). The van der Waals surface area contributed by atoms with E-state index in [1.165, 1.54) is 10.6 Å². The number of hydrogen-bond donors (Lipinski definition) is 0. The van der Waals surface area contributed by atoms with E-state index >= 15 is 0 Å². The monoisotopic (exact) mass is 429 g/mol. The predicted octanol–water partition coefficient (Wildman–Crippen LogP) is 4.80. The second-order valence-electron chi connectivity index (χ2n) is 7.44. The van der Waals surface area contributed by atoms with Gasteiger partial charge in [0.25, 0.3) is 5.56 Å². The molecule has 1 amide bonds. The molecule has 0 N–H and O–H groups in total. The lowest BCUT2D eigenvalue weighted by Gasteiger charge is -2.41. The van der Waals surface area contributed by atoms with Gasteiger partial charge in [-0.25, -0.2) is 9.36 Å². The predicted molar refractivity (Wildman–Crippen MR) is 119 cm³/mol. The van der Waals surface area contributed by atoms with E-state index in [1.54, 1.807) is 17.0 Å². The van der Waals surface area contributed by atoms with E-state index in [4.69, 9.17) is 23.2 Å². The third-order valence-electron chi connectivity index (χ3n) is 5.38. The maximum absolute atomic E-state index is 13.3. The summed E-state index contributed by atoms with van der Waals surface area (Å²) in [6.45, 7) is 5.77. The zero-order chi connectivity index (χ0) is 20.7. The summed E-state index contributed by atoms with van der Waals surface area (Å²) < 4.78 is 1.28. The van der Waals surface area contributed by atoms with Gasteiger partial charge in [0.15, 0.2) is 0 Å². The SMILES string of the molecule is Cc1ccc2c(ccc(=O)n2C(=O)N2CCN(c3ccc(Cl)c(Cl)c3)CC2C)c1. The number of hydrogen-bond acceptors (Lipinski definition) is 3. The van der Waals surface area contributed by atoms with Gasteiger partial charge in [0.1, 0.15) is 0 Å². The number of anilines is 1. The van der Waals surface area contributed by atoms with Crippen molar-refractivity contribution in [2.75, 3.05) is 24.5 Å². The van der Waals surface area contributed by atoms with Crippen LogP contribution in [0, 0.1) is 6.92 Å². The van der Waals surface area contributed by atoms with Gasteiger partial charge in [0, 0.05) is 37.4 Å². The average Bonchev–Trinajstić information content (AvgIpc) is 2.69. The van der Waals surface area contributed by atoms with Crippen LogP contribution in [-0.2, 0) is 0 Å². The van der Waals surface area contributed by atoms with Crippen molar-refractivity contribution in [1.29, 1.82) is 0 Å². The van der Waals surface area contributed by atoms with Crippen LogP contribution in [0.25, 0.3) is 10.9 Å². The van der Waals surface area contributed by atoms with Crippen LogP contribution in [0.15, 0.2) is 53.3 Å². The smallest absolute Gasteiger partial charge is 0.332 e. The Kier molecular flexibility index (Phi) is 5.28. The number of carbonyl (C=O) groups excluding carboxylic acids is 1. The Morgan fingerprint density at radius 2 is 1.79 bits per heavy atom. The molecule has 2 heterocycles. The second kappa shape index (κ2) is 7.73. The highest BCUT2D eigenvalue weighted by atomic mass is 35.5. The van der Waals surface area contributed by atoms with Crippen LogP contribution in [0.2, 0.25) is 10.0 Å². The second-order valence-corrected chi connectivity index (χ2v) is 8.25. The van der Waals surface area contributed by atoms with E-state index in [-0.39, 0.29) is 17.6 Å². The molecule has 2 aromatic carbocycles. The summed E-state index contributed by atoms with van der Waals surface area (Å²) in [5, 5.41) is 1.90. The number of piperazine rings is 1. The van der Waals surface area contributed by atoms with Crippen molar-refractivity contribution in [3.63, 3.8) is 0 Å². The number of nitrogens with zero attached hydrogens (tertiary/aromatic N) is 3. The topological polar surface area (TPSA) is 45.6 Å². The number of fused-ring (bicyclic) bond motifs is 1. The van der Waals surface area contributed by atoms with Gasteiger partial charge in [-0.1, -0.05) is 34.8 Å². The lowest BCUT2D eigenvalue weighted by Crippen LogP contribution is -2.56. The summed E-state index contributed by atoms with van der Waals surface area (Å²) in [4.78, 5) is 29.8. The molecule has 1 aromatic heterocycles. The first kappa shape index (κ1) is 19.8. The molecule has 5 nitrogen and oxygen atoms in total. The van der Waals surface area contributed by atoms with E-state index in [1.807, 2.05) is 44.2 Å². The molecule has 0 spiro atoms. The van der Waals surface area contributed by atoms with Crippen LogP contribution < -0.4 is 10.5 Å². The van der Waals surface area contributed by atoms with E-state index in [2.05, 4.69) is 4.90 Å². The van der Waals surface area contributed by atoms with Crippen LogP contribution in [0.4, 0.5) is 10.5 Å². The van der Waals surface area contributed by atoms with Crippen molar-refractivity contribution in [1.82, 2.24) is 9.47 Å². The Balaban J connectivity index is 1.61. The van der Waals surface area contributed by atoms with E-state index < -0.39 is 0 Å². The highest BCUT2D eigenvalue weighted by molar-refractivity contribution is 6.42. The number of aromatic nitrogens is 1. The van der Waals surface area contributed by atoms with Crippen LogP contribution in [0.5, 0.6) is 0 Å². The molecule has 3 aromatic rings. The fourth-order valence-corrected chi connectivity index (χ4v) is 4.14. The molecule has 0 bridgehead atoms. The summed E-state index contributed by atoms with van der Waals surface area (Å²) in [7, 11) is 0. The Morgan fingerprint density at radius 1 is 1.00 bits per heavy atom. The van der Waals surface area contributed by atoms with E-state index in [9.17, 15) is 9.59 Å². The molecule has 0 radical (unpaired) electrons. The quantitative estimate of drug-likeness (QED) is 0.558. The Bertz CT molecular complexity index is 1160. The van der Waals surface area contributed by atoms with Gasteiger partial charge in [-0.15, -0.1) is 0 Å². The molecule has 1 saturated heterocycles. The molecule has 7 heteroatoms. The van der Waals surface area contributed by atoms with Crippen molar-refractivity contribution < 1.29 is 4.79 Å². The van der Waals surface area contributed by atoms with Crippen molar-refractivity contribution in [2.24, 2.45) is 0 Å². The van der Waals surface area contributed by atoms with Gasteiger partial charge in [-0.3, -0.25) is 4.79 Å². The maximum atomic E-state index is 13.3. The van der Waals surface area contributed by atoms with Gasteiger partial charge in [0.05, 0.1) is 15.6 Å². The minimum absolute atomic E-state index is 0.0710. The number of rotatable bonds is 1. The van der Waals surface area contributed by atoms with Crippen molar-refractivity contribution in [3.05, 3.63) is 74.5 Å². The molecular weight excluding hydrogens is 409 g/mol. The first-order chi connectivity index (χ1) is 13.8. The van der Waals surface area contributed by atoms with Gasteiger partial charge in [0.2, 0.25) is 0 Å². The van der Waals surface area contributed by atoms with Gasteiger partial charge in [-0.2, -0.15) is 0 Å². The van der Waals surface area contributed by atoms with Crippen molar-refractivity contribution >= 4 is 45.8 Å². The molecular formula is C22H21Cl2N3O2. The fourth-order valence-electron chi connectivity index (χ4n) is 3.85. The fraction of sp³-hybridized carbons (Fsp3) is 0.273. The molecule has 150 valence electrons. The van der Waals surface area contributed by atoms with Gasteiger partial charge in [-0.05, 0) is 55.6 Å². The molecule has 1 atom stereocenters. The summed E-state index contributed by atoms with van der Waals surface area (Å²) in [6, 6.07) is 14.1. The number of aryl methyl sites for hydroxylation is 1. The number of carbonyl (C=O) groups is 1. The van der Waals surface area contributed by atoms with Crippen LogP contribution in [-0.4, -0.2) is 41.2 Å².